The van der Waals surface area contributed by atoms with E-state index in [0.29, 0.717) is 18.4 Å². The predicted molar refractivity (Wildman–Crippen MR) is 96.2 cm³/mol. The molecule has 0 aliphatic carbocycles. The molecule has 0 bridgehead atoms. The van der Waals surface area contributed by atoms with Gasteiger partial charge in [0.1, 0.15) is 5.75 Å². The molecule has 7 heteroatoms. The second kappa shape index (κ2) is 6.97. The maximum absolute atomic E-state index is 12.9. The lowest BCUT2D eigenvalue weighted by Crippen LogP contribution is -2.51. The fourth-order valence-corrected chi connectivity index (χ4v) is 3.78. The van der Waals surface area contributed by atoms with E-state index in [1.54, 1.807) is 6.92 Å². The Morgan fingerprint density at radius 3 is 2.77 bits per heavy atom. The van der Waals surface area contributed by atoms with E-state index in [1.807, 2.05) is 36.2 Å². The number of fused-ring (bicyclic) bond motifs is 1. The van der Waals surface area contributed by atoms with Crippen molar-refractivity contribution in [3.63, 3.8) is 0 Å². The zero-order chi connectivity index (χ0) is 18.1. The van der Waals surface area contributed by atoms with E-state index in [0.717, 1.165) is 49.6 Å². The molecule has 0 unspecified atom stereocenters. The predicted octanol–water partition coefficient (Wildman–Crippen LogP) is 2.06. The number of benzene rings is 1. The van der Waals surface area contributed by atoms with Gasteiger partial charge in [-0.15, -0.1) is 0 Å². The van der Waals surface area contributed by atoms with Gasteiger partial charge < -0.3 is 19.1 Å². The van der Waals surface area contributed by atoms with Crippen LogP contribution in [0.25, 0.3) is 0 Å². The quantitative estimate of drug-likeness (QED) is 0.838. The minimum absolute atomic E-state index is 0.0835. The van der Waals surface area contributed by atoms with Crippen LogP contribution < -0.4 is 9.64 Å². The summed E-state index contributed by atoms with van der Waals surface area (Å²) in [5, 5.41) is 3.97. The van der Waals surface area contributed by atoms with Gasteiger partial charge in [-0.3, -0.25) is 4.79 Å². The molecule has 3 heterocycles. The maximum atomic E-state index is 12.9. The van der Waals surface area contributed by atoms with Gasteiger partial charge in [0.25, 0.3) is 5.91 Å². The summed E-state index contributed by atoms with van der Waals surface area (Å²) >= 11 is 0. The van der Waals surface area contributed by atoms with E-state index in [2.05, 4.69) is 15.0 Å². The third-order valence-corrected chi connectivity index (χ3v) is 5.23. The number of hydrogen-bond acceptors (Lipinski definition) is 6. The van der Waals surface area contributed by atoms with Crippen molar-refractivity contribution >= 4 is 11.6 Å². The van der Waals surface area contributed by atoms with Crippen LogP contribution in [0.4, 0.5) is 5.69 Å². The Morgan fingerprint density at radius 1 is 1.27 bits per heavy atom. The first-order valence-electron chi connectivity index (χ1n) is 9.15. The second-order valence-corrected chi connectivity index (χ2v) is 7.16. The monoisotopic (exact) mass is 356 g/mol. The standard InChI is InChI=1S/C19H24N4O3/c1-13-20-18(21-26-13)11-14-7-9-23(10-8-14)19(24)17-12-22(2)15-5-3-4-6-16(15)25-17/h3-6,14,17H,7-12H2,1-2H3/t17-/m1/s1. The molecular weight excluding hydrogens is 332 g/mol. The summed E-state index contributed by atoms with van der Waals surface area (Å²) in [5.41, 5.74) is 1.03. The number of hydrogen-bond donors (Lipinski definition) is 0. The zero-order valence-electron chi connectivity index (χ0n) is 15.2. The van der Waals surface area contributed by atoms with Crippen LogP contribution in [0.15, 0.2) is 28.8 Å². The number of piperidine rings is 1. The van der Waals surface area contributed by atoms with E-state index in [1.165, 1.54) is 0 Å². The van der Waals surface area contributed by atoms with Gasteiger partial charge in [0.05, 0.1) is 12.2 Å². The van der Waals surface area contributed by atoms with Gasteiger partial charge in [0.15, 0.2) is 11.9 Å². The molecule has 7 nitrogen and oxygen atoms in total. The molecule has 0 N–H and O–H groups in total. The molecule has 2 aliphatic heterocycles. The number of rotatable bonds is 3. The van der Waals surface area contributed by atoms with Crippen molar-refractivity contribution in [3.8, 4) is 5.75 Å². The molecule has 1 amide bonds. The first kappa shape index (κ1) is 16.9. The van der Waals surface area contributed by atoms with Crippen LogP contribution >= 0.6 is 0 Å². The van der Waals surface area contributed by atoms with E-state index < -0.39 is 6.10 Å². The van der Waals surface area contributed by atoms with Gasteiger partial charge in [-0.2, -0.15) is 4.98 Å². The van der Waals surface area contributed by atoms with E-state index in [4.69, 9.17) is 9.26 Å². The van der Waals surface area contributed by atoms with Crippen LogP contribution in [0.2, 0.25) is 0 Å². The molecule has 2 aliphatic rings. The molecule has 0 saturated carbocycles. The maximum Gasteiger partial charge on any atom is 0.265 e. The number of nitrogens with zero attached hydrogens (tertiary/aromatic N) is 4. The van der Waals surface area contributed by atoms with Crippen molar-refractivity contribution in [1.29, 1.82) is 0 Å². The summed E-state index contributed by atoms with van der Waals surface area (Å²) in [4.78, 5) is 21.2. The van der Waals surface area contributed by atoms with Gasteiger partial charge >= 0.3 is 0 Å². The first-order chi connectivity index (χ1) is 12.6. The van der Waals surface area contributed by atoms with Crippen molar-refractivity contribution in [3.05, 3.63) is 36.0 Å². The normalized spacial score (nSPS) is 20.6. The van der Waals surface area contributed by atoms with Gasteiger partial charge in [0.2, 0.25) is 5.89 Å². The average molecular weight is 356 g/mol. The number of likely N-dealkylation sites (tertiary alicyclic amines) is 1. The van der Waals surface area contributed by atoms with Crippen LogP contribution in [-0.2, 0) is 11.2 Å². The Bertz CT molecular complexity index is 783. The molecule has 26 heavy (non-hydrogen) atoms. The Balaban J connectivity index is 1.34. The Labute approximate surface area is 152 Å². The molecule has 1 aromatic carbocycles. The smallest absolute Gasteiger partial charge is 0.265 e. The van der Waals surface area contributed by atoms with Crippen molar-refractivity contribution in [2.45, 2.75) is 32.3 Å². The average Bonchev–Trinajstić information content (AvgIpc) is 3.06. The molecule has 138 valence electrons. The fraction of sp³-hybridized carbons (Fsp3) is 0.526. The number of anilines is 1. The zero-order valence-corrected chi connectivity index (χ0v) is 15.2. The van der Waals surface area contributed by atoms with Crippen LogP contribution in [0.5, 0.6) is 5.75 Å². The van der Waals surface area contributed by atoms with E-state index >= 15 is 0 Å². The summed E-state index contributed by atoms with van der Waals surface area (Å²) < 4.78 is 11.0. The van der Waals surface area contributed by atoms with Crippen molar-refractivity contribution in [2.24, 2.45) is 5.92 Å². The highest BCUT2D eigenvalue weighted by atomic mass is 16.5. The number of carbonyl (C=O) groups excluding carboxylic acids is 1. The fourth-order valence-electron chi connectivity index (χ4n) is 3.78. The summed E-state index contributed by atoms with van der Waals surface area (Å²) in [6, 6.07) is 7.85. The Hall–Kier alpha value is -2.57. The first-order valence-corrected chi connectivity index (χ1v) is 9.15. The van der Waals surface area contributed by atoms with Crippen LogP contribution in [0.3, 0.4) is 0 Å². The SMILES string of the molecule is Cc1nc(CC2CCN(C(=O)[C@H]3CN(C)c4ccccc4O3)CC2)no1. The number of carbonyl (C=O) groups is 1. The molecule has 1 fully saturated rings. The van der Waals surface area contributed by atoms with E-state index in [9.17, 15) is 4.79 Å². The lowest BCUT2D eigenvalue weighted by atomic mass is 9.93. The van der Waals surface area contributed by atoms with Crippen molar-refractivity contribution in [1.82, 2.24) is 15.0 Å². The molecule has 0 radical (unpaired) electrons. The van der Waals surface area contributed by atoms with Gasteiger partial charge in [-0.05, 0) is 30.9 Å². The van der Waals surface area contributed by atoms with Crippen molar-refractivity contribution < 1.29 is 14.1 Å². The van der Waals surface area contributed by atoms with Gasteiger partial charge in [0, 0.05) is 33.5 Å². The van der Waals surface area contributed by atoms with Gasteiger partial charge in [-0.25, -0.2) is 0 Å². The summed E-state index contributed by atoms with van der Waals surface area (Å²) in [7, 11) is 2.00. The number of amides is 1. The molecule has 0 spiro atoms. The molecular formula is C19H24N4O3. The van der Waals surface area contributed by atoms with Crippen molar-refractivity contribution in [2.75, 3.05) is 31.6 Å². The highest BCUT2D eigenvalue weighted by Gasteiger charge is 2.34. The Kier molecular flexibility index (Phi) is 4.53. The highest BCUT2D eigenvalue weighted by molar-refractivity contribution is 5.83. The van der Waals surface area contributed by atoms with Gasteiger partial charge in [-0.1, -0.05) is 17.3 Å². The summed E-state index contributed by atoms with van der Waals surface area (Å²) in [5.74, 6) is 2.72. The minimum atomic E-state index is -0.439. The lowest BCUT2D eigenvalue weighted by molar-refractivity contribution is -0.140. The summed E-state index contributed by atoms with van der Waals surface area (Å²) in [6.45, 7) is 3.89. The largest absolute Gasteiger partial charge is 0.477 e. The number of likely N-dealkylation sites (N-methyl/N-ethyl adjacent to an activating group) is 1. The Morgan fingerprint density at radius 2 is 2.04 bits per heavy atom. The number of ether oxygens (including phenoxy) is 1. The van der Waals surface area contributed by atoms with Crippen LogP contribution in [-0.4, -0.2) is 53.7 Å². The highest BCUT2D eigenvalue weighted by Crippen LogP contribution is 2.32. The third kappa shape index (κ3) is 3.38. The molecule has 2 aromatic rings. The summed E-state index contributed by atoms with van der Waals surface area (Å²) in [6.07, 6.45) is 2.29. The molecule has 1 saturated heterocycles. The second-order valence-electron chi connectivity index (χ2n) is 7.16. The molecule has 1 atom stereocenters. The molecule has 1 aromatic heterocycles. The number of aryl methyl sites for hydroxylation is 1. The minimum Gasteiger partial charge on any atom is -0.477 e. The van der Waals surface area contributed by atoms with E-state index in [-0.39, 0.29) is 5.91 Å². The molecule has 4 rings (SSSR count). The third-order valence-electron chi connectivity index (χ3n) is 5.23. The lowest BCUT2D eigenvalue weighted by Gasteiger charge is -2.38. The number of para-hydroxylation sites is 2. The topological polar surface area (TPSA) is 71.7 Å². The van der Waals surface area contributed by atoms with Crippen LogP contribution in [0, 0.1) is 12.8 Å². The number of aromatic nitrogens is 2. The van der Waals surface area contributed by atoms with Crippen LogP contribution in [0.1, 0.15) is 24.6 Å².